The first-order valence-corrected chi connectivity index (χ1v) is 19.2. The molecule has 0 radical (unpaired) electrons. The molecule has 214 valence electrons. The Labute approximate surface area is 224 Å². The lowest BCUT2D eigenvalue weighted by Crippen LogP contribution is -2.71. The molecule has 0 aromatic heterocycles. The summed E-state index contributed by atoms with van der Waals surface area (Å²) in [6.07, 6.45) is 7.89. The highest BCUT2D eigenvalue weighted by Gasteiger charge is 2.75. The maximum atomic E-state index is 6.80. The standard InChI is InChI=1S/C21H42O12Si4/c1-22-35(23-2,24-3)31-34(32-36(25-4,26-5)27-6,33-37(28-7,29-8)30-9)19-14-17-13-18(19)21-16-11-10-15(12-16)20(17)21/h10-11,15-21H,12-14H2,1-9H3. The predicted octanol–water partition coefficient (Wildman–Crippen LogP) is 1.95. The molecule has 0 amide bonds. The van der Waals surface area contributed by atoms with Crippen LogP contribution in [0.25, 0.3) is 0 Å². The van der Waals surface area contributed by atoms with Crippen molar-refractivity contribution in [2.24, 2.45) is 35.5 Å². The number of fused-ring (bicyclic) bond motifs is 9. The second kappa shape index (κ2) is 11.5. The van der Waals surface area contributed by atoms with Crippen molar-refractivity contribution in [2.75, 3.05) is 64.0 Å². The largest absolute Gasteiger partial charge is 0.671 e. The van der Waals surface area contributed by atoms with Crippen molar-refractivity contribution in [3.8, 4) is 0 Å². The first-order valence-electron chi connectivity index (χ1n) is 12.5. The number of rotatable bonds is 16. The molecule has 0 N–H and O–H groups in total. The third kappa shape index (κ3) is 4.96. The lowest BCUT2D eigenvalue weighted by molar-refractivity contribution is -0.0337. The van der Waals surface area contributed by atoms with E-state index in [9.17, 15) is 0 Å². The summed E-state index contributed by atoms with van der Waals surface area (Å²) in [6.45, 7) is 0. The Hall–Kier alpha value is 0.128. The Balaban J connectivity index is 1.85. The predicted molar refractivity (Wildman–Crippen MR) is 137 cm³/mol. The van der Waals surface area contributed by atoms with Crippen LogP contribution in [0.3, 0.4) is 0 Å². The molecule has 0 heterocycles. The zero-order chi connectivity index (χ0) is 27.1. The van der Waals surface area contributed by atoms with Crippen molar-refractivity contribution in [2.45, 2.75) is 24.8 Å². The van der Waals surface area contributed by atoms with E-state index >= 15 is 0 Å². The van der Waals surface area contributed by atoms with E-state index in [1.807, 2.05) is 0 Å². The Morgan fingerprint density at radius 1 is 0.486 bits per heavy atom. The van der Waals surface area contributed by atoms with E-state index in [1.54, 1.807) is 0 Å². The van der Waals surface area contributed by atoms with Crippen molar-refractivity contribution >= 4 is 35.9 Å². The van der Waals surface area contributed by atoms with Gasteiger partial charge in [-0.1, -0.05) is 12.2 Å². The Morgan fingerprint density at radius 2 is 0.865 bits per heavy atom. The van der Waals surface area contributed by atoms with Gasteiger partial charge in [0.05, 0.1) is 0 Å². The number of hydrogen-bond acceptors (Lipinski definition) is 12. The van der Waals surface area contributed by atoms with Gasteiger partial charge in [-0.15, -0.1) is 0 Å². The molecular formula is C21H42O12Si4. The van der Waals surface area contributed by atoms with Crippen molar-refractivity contribution in [1.82, 2.24) is 0 Å². The minimum atomic E-state index is -4.06. The second-order valence-electron chi connectivity index (χ2n) is 9.85. The van der Waals surface area contributed by atoms with Gasteiger partial charge in [-0.2, -0.15) is 0 Å². The number of hydrogen-bond donors (Lipinski definition) is 0. The third-order valence-corrected chi connectivity index (χ3v) is 21.3. The Morgan fingerprint density at radius 3 is 1.24 bits per heavy atom. The second-order valence-corrected chi connectivity index (χ2v) is 20.9. The molecule has 7 unspecified atom stereocenters. The molecule has 7 atom stereocenters. The molecule has 3 fully saturated rings. The molecule has 0 aliphatic heterocycles. The van der Waals surface area contributed by atoms with Gasteiger partial charge in [0, 0.05) is 69.5 Å². The summed E-state index contributed by atoms with van der Waals surface area (Å²) in [7, 11) is -2.13. The number of allylic oxidation sites excluding steroid dienone is 2. The van der Waals surface area contributed by atoms with Gasteiger partial charge in [0.2, 0.25) is 0 Å². The van der Waals surface area contributed by atoms with Crippen LogP contribution in [0.1, 0.15) is 19.3 Å². The fourth-order valence-electron chi connectivity index (χ4n) is 7.36. The molecule has 4 aliphatic carbocycles. The SMILES string of the molecule is CO[Si](OC)(OC)O[Si](O[Si](OC)(OC)OC)(O[Si](OC)(OC)OC)C1CC2CC1C1C3C=CC(C3)C21. The van der Waals surface area contributed by atoms with Gasteiger partial charge in [0.25, 0.3) is 0 Å². The summed E-state index contributed by atoms with van der Waals surface area (Å²) in [5.41, 5.74) is -0.168. The van der Waals surface area contributed by atoms with E-state index < -0.39 is 35.9 Å². The van der Waals surface area contributed by atoms with E-state index in [0.717, 1.165) is 12.8 Å². The van der Waals surface area contributed by atoms with E-state index in [0.29, 0.717) is 29.6 Å². The molecule has 3 saturated carbocycles. The highest BCUT2D eigenvalue weighted by atomic mass is 28.5. The molecule has 37 heavy (non-hydrogen) atoms. The Bertz CT molecular complexity index is 729. The highest BCUT2D eigenvalue weighted by Crippen LogP contribution is 2.70. The molecule has 0 saturated heterocycles. The van der Waals surface area contributed by atoms with Crippen LogP contribution in [0.5, 0.6) is 0 Å². The van der Waals surface area contributed by atoms with E-state index in [2.05, 4.69) is 12.2 Å². The van der Waals surface area contributed by atoms with Crippen LogP contribution in [0, 0.1) is 35.5 Å². The molecule has 0 aromatic rings. The minimum absolute atomic E-state index is 0.168. The van der Waals surface area contributed by atoms with Crippen LogP contribution < -0.4 is 0 Å². The van der Waals surface area contributed by atoms with Crippen molar-refractivity contribution in [1.29, 1.82) is 0 Å². The van der Waals surface area contributed by atoms with Crippen molar-refractivity contribution in [3.63, 3.8) is 0 Å². The van der Waals surface area contributed by atoms with Crippen molar-refractivity contribution in [3.05, 3.63) is 12.2 Å². The van der Waals surface area contributed by atoms with E-state index in [-0.39, 0.29) is 11.5 Å². The monoisotopic (exact) mass is 598 g/mol. The lowest BCUT2D eigenvalue weighted by Gasteiger charge is -2.48. The van der Waals surface area contributed by atoms with Crippen LogP contribution in [0.15, 0.2) is 12.2 Å². The molecule has 4 bridgehead atoms. The average molecular weight is 599 g/mol. The summed E-state index contributed by atoms with van der Waals surface area (Å²) in [4.78, 5) is 0. The average Bonchev–Trinajstić information content (AvgIpc) is 3.74. The van der Waals surface area contributed by atoms with Crippen LogP contribution in [0.2, 0.25) is 5.54 Å². The molecule has 0 aromatic carbocycles. The van der Waals surface area contributed by atoms with Crippen LogP contribution in [-0.2, 0) is 52.2 Å². The van der Waals surface area contributed by atoms with Crippen molar-refractivity contribution < 1.29 is 52.2 Å². The summed E-state index contributed by atoms with van der Waals surface area (Å²) in [6, 6.07) is 0. The maximum absolute atomic E-state index is 6.80. The fourth-order valence-corrected chi connectivity index (χ4v) is 21.0. The molecular weight excluding hydrogens is 557 g/mol. The summed E-state index contributed by atoms with van der Waals surface area (Å²) >= 11 is 0. The third-order valence-electron chi connectivity index (χ3n) is 8.78. The van der Waals surface area contributed by atoms with Gasteiger partial charge < -0.3 is 52.2 Å². The Kier molecular flexibility index (Phi) is 9.39. The summed E-state index contributed by atoms with van der Waals surface area (Å²) in [5.74, 6) is 3.15. The lowest BCUT2D eigenvalue weighted by atomic mass is 9.73. The van der Waals surface area contributed by atoms with Gasteiger partial charge >= 0.3 is 35.9 Å². The van der Waals surface area contributed by atoms with E-state index in [1.165, 1.54) is 70.4 Å². The van der Waals surface area contributed by atoms with Gasteiger partial charge in [-0.25, -0.2) is 0 Å². The summed E-state index contributed by atoms with van der Waals surface area (Å²) < 4.78 is 71.9. The molecule has 16 heteroatoms. The highest BCUT2D eigenvalue weighted by molar-refractivity contribution is 6.83. The topological polar surface area (TPSA) is 111 Å². The maximum Gasteiger partial charge on any atom is 0.671 e. The minimum Gasteiger partial charge on any atom is -0.355 e. The van der Waals surface area contributed by atoms with Gasteiger partial charge in [-0.05, 0) is 54.8 Å². The normalized spacial score (nSPS) is 33.1. The zero-order valence-electron chi connectivity index (χ0n) is 23.2. The van der Waals surface area contributed by atoms with Gasteiger partial charge in [0.1, 0.15) is 0 Å². The quantitative estimate of drug-likeness (QED) is 0.147. The molecule has 0 spiro atoms. The van der Waals surface area contributed by atoms with E-state index in [4.69, 9.17) is 52.2 Å². The van der Waals surface area contributed by atoms with Crippen LogP contribution in [0.4, 0.5) is 0 Å². The molecule has 12 nitrogen and oxygen atoms in total. The van der Waals surface area contributed by atoms with Gasteiger partial charge in [0.15, 0.2) is 0 Å². The van der Waals surface area contributed by atoms with Gasteiger partial charge in [-0.3, -0.25) is 0 Å². The molecule has 4 rings (SSSR count). The first kappa shape index (κ1) is 30.1. The van der Waals surface area contributed by atoms with Crippen LogP contribution in [-0.4, -0.2) is 99.9 Å². The molecule has 4 aliphatic rings. The first-order chi connectivity index (χ1) is 17.7. The smallest absolute Gasteiger partial charge is 0.355 e. The zero-order valence-corrected chi connectivity index (χ0v) is 27.2. The summed E-state index contributed by atoms with van der Waals surface area (Å²) in [5, 5.41) is 0. The van der Waals surface area contributed by atoms with Crippen LogP contribution >= 0.6 is 0 Å². The fraction of sp³-hybridized carbons (Fsp3) is 0.905.